The minimum absolute atomic E-state index is 1.88. The van der Waals surface area contributed by atoms with Gasteiger partial charge in [-0.25, -0.2) is 4.79 Å². The first-order chi connectivity index (χ1) is 3.42. The van der Waals surface area contributed by atoms with Crippen LogP contribution in [0.25, 0.3) is 0 Å². The summed E-state index contributed by atoms with van der Waals surface area (Å²) in [5.41, 5.74) is -1.88. The van der Waals surface area contributed by atoms with Crippen molar-refractivity contribution in [3.63, 3.8) is 0 Å². The molecule has 0 bridgehead atoms. The van der Waals surface area contributed by atoms with Gasteiger partial charge >= 0.3 is 11.8 Å². The molecule has 0 spiro atoms. The van der Waals surface area contributed by atoms with E-state index in [1.807, 2.05) is 0 Å². The minimum atomic E-state index is -4.96. The van der Waals surface area contributed by atoms with Crippen LogP contribution in [0, 0.1) is 0 Å². The predicted molar refractivity (Wildman–Crippen MR) is 18.4 cm³/mol. The molecule has 0 atom stereocenters. The van der Waals surface area contributed by atoms with Gasteiger partial charge in [-0.15, -0.1) is 13.2 Å². The Bertz CT molecular complexity index is 97.9. The zero-order valence-corrected chi connectivity index (χ0v) is 4.08. The summed E-state index contributed by atoms with van der Waals surface area (Å²) in [5, 5.41) is 0. The normalized spacial score (nSPS) is 11.0. The largest absolute Gasteiger partial charge is 0.576 e. The highest BCUT2D eigenvalue weighted by Gasteiger charge is 2.33. The van der Waals surface area contributed by atoms with E-state index in [0.717, 1.165) is 0 Å². The van der Waals surface area contributed by atoms with Gasteiger partial charge in [0.1, 0.15) is 0 Å². The maximum absolute atomic E-state index is 10.8. The van der Waals surface area contributed by atoms with E-state index in [0.29, 0.717) is 0 Å². The Balaban J connectivity index is 3.55. The first-order valence-electron chi connectivity index (χ1n) is 1.37. The molecule has 0 aromatic heterocycles. The van der Waals surface area contributed by atoms with Crippen LogP contribution in [0.5, 0.6) is 0 Å². The molecule has 0 unspecified atom stereocenters. The van der Waals surface area contributed by atoms with Crippen molar-refractivity contribution in [2.45, 2.75) is 6.36 Å². The zero-order valence-electron chi connectivity index (χ0n) is 3.33. The molecule has 6 heteroatoms. The van der Waals surface area contributed by atoms with Crippen LogP contribution in [0.3, 0.4) is 0 Å². The SMILES string of the molecule is O=C(Cl)OC(F)(F)F. The van der Waals surface area contributed by atoms with Crippen molar-refractivity contribution in [2.24, 2.45) is 0 Å². The van der Waals surface area contributed by atoms with Gasteiger partial charge in [-0.1, -0.05) is 0 Å². The second-order valence-corrected chi connectivity index (χ2v) is 1.09. The lowest BCUT2D eigenvalue weighted by molar-refractivity contribution is -0.287. The van der Waals surface area contributed by atoms with Crippen molar-refractivity contribution in [3.05, 3.63) is 0 Å². The molecule has 8 heavy (non-hydrogen) atoms. The molecule has 0 amide bonds. The first-order valence-corrected chi connectivity index (χ1v) is 1.75. The fourth-order valence-electron chi connectivity index (χ4n) is 0.0910. The van der Waals surface area contributed by atoms with Gasteiger partial charge in [0.05, 0.1) is 0 Å². The molecule has 0 fully saturated rings. The highest BCUT2D eigenvalue weighted by atomic mass is 35.5. The average molecular weight is 148 g/mol. The molecule has 0 radical (unpaired) electrons. The van der Waals surface area contributed by atoms with Crippen LogP contribution < -0.4 is 0 Å². The molecule has 0 saturated heterocycles. The number of carbonyl (C=O) groups excluding carboxylic acids is 1. The molecular weight excluding hydrogens is 148 g/mol. The summed E-state index contributed by atoms with van der Waals surface area (Å²) in [4.78, 5) is 9.28. The van der Waals surface area contributed by atoms with Gasteiger partial charge in [-0.05, 0) is 0 Å². The molecular formula is C2ClF3O2. The summed E-state index contributed by atoms with van der Waals surface area (Å²) in [6, 6.07) is 0. The third-order valence-corrected chi connectivity index (χ3v) is 0.273. The maximum atomic E-state index is 10.8. The molecule has 0 aromatic carbocycles. The Kier molecular flexibility index (Phi) is 2.09. The van der Waals surface area contributed by atoms with Crippen molar-refractivity contribution >= 4 is 17.0 Å². The number of ether oxygens (including phenoxy) is 1. The monoisotopic (exact) mass is 148 g/mol. The van der Waals surface area contributed by atoms with E-state index in [4.69, 9.17) is 0 Å². The van der Waals surface area contributed by atoms with Crippen LogP contribution in [-0.2, 0) is 4.74 Å². The average Bonchev–Trinajstić information content (AvgIpc) is 1.21. The molecule has 2 nitrogen and oxygen atoms in total. The van der Waals surface area contributed by atoms with Crippen LogP contribution in [0.15, 0.2) is 0 Å². The Morgan fingerprint density at radius 2 is 1.88 bits per heavy atom. The van der Waals surface area contributed by atoms with Crippen molar-refractivity contribution in [1.82, 2.24) is 0 Å². The van der Waals surface area contributed by atoms with E-state index < -0.39 is 11.8 Å². The zero-order chi connectivity index (χ0) is 6.78. The Hall–Kier alpha value is -0.450. The number of alkyl halides is 3. The third kappa shape index (κ3) is 5.55. The van der Waals surface area contributed by atoms with E-state index in [-0.39, 0.29) is 0 Å². The number of rotatable bonds is 0. The summed E-state index contributed by atoms with van der Waals surface area (Å²) >= 11 is 4.18. The van der Waals surface area contributed by atoms with Crippen molar-refractivity contribution in [3.8, 4) is 0 Å². The number of hydrogen-bond acceptors (Lipinski definition) is 2. The fraction of sp³-hybridized carbons (Fsp3) is 0.500. The highest BCUT2D eigenvalue weighted by molar-refractivity contribution is 6.61. The summed E-state index contributed by atoms with van der Waals surface area (Å²) in [7, 11) is 0. The summed E-state index contributed by atoms with van der Waals surface area (Å²) in [5.74, 6) is 0. The molecule has 0 aromatic rings. The van der Waals surface area contributed by atoms with E-state index in [1.165, 1.54) is 0 Å². The quantitative estimate of drug-likeness (QED) is 0.490. The second kappa shape index (κ2) is 2.21. The van der Waals surface area contributed by atoms with E-state index in [9.17, 15) is 18.0 Å². The molecule has 48 valence electrons. The number of halogens is 4. The van der Waals surface area contributed by atoms with Crippen LogP contribution in [-0.4, -0.2) is 11.8 Å². The van der Waals surface area contributed by atoms with Gasteiger partial charge in [0, 0.05) is 11.6 Å². The smallest absolute Gasteiger partial charge is 0.360 e. The first kappa shape index (κ1) is 7.55. The molecule has 0 rings (SSSR count). The Morgan fingerprint density at radius 1 is 1.50 bits per heavy atom. The molecule has 0 saturated carbocycles. The van der Waals surface area contributed by atoms with E-state index in [1.54, 1.807) is 0 Å². The lowest BCUT2D eigenvalue weighted by Gasteiger charge is -2.00. The fourth-order valence-corrected chi connectivity index (χ4v) is 0.178. The predicted octanol–water partition coefficient (Wildman–Crippen LogP) is 1.88. The summed E-state index contributed by atoms with van der Waals surface area (Å²) in [6.45, 7) is 0. The van der Waals surface area contributed by atoms with E-state index >= 15 is 0 Å². The Labute approximate surface area is 47.2 Å². The molecule has 0 aliphatic heterocycles. The third-order valence-electron chi connectivity index (χ3n) is 0.196. The maximum Gasteiger partial charge on any atom is 0.576 e. The van der Waals surface area contributed by atoms with Crippen molar-refractivity contribution < 1.29 is 22.7 Å². The lowest BCUT2D eigenvalue weighted by Crippen LogP contribution is -2.14. The minimum Gasteiger partial charge on any atom is -0.360 e. The summed E-state index contributed by atoms with van der Waals surface area (Å²) < 4.78 is 34.9. The van der Waals surface area contributed by atoms with Crippen LogP contribution >= 0.6 is 11.6 Å². The van der Waals surface area contributed by atoms with E-state index in [2.05, 4.69) is 16.3 Å². The van der Waals surface area contributed by atoms with Gasteiger partial charge in [0.15, 0.2) is 0 Å². The van der Waals surface area contributed by atoms with Gasteiger partial charge < -0.3 is 4.74 Å². The van der Waals surface area contributed by atoms with Crippen molar-refractivity contribution in [2.75, 3.05) is 0 Å². The Morgan fingerprint density at radius 3 is 1.88 bits per heavy atom. The highest BCUT2D eigenvalue weighted by Crippen LogP contribution is 2.17. The van der Waals surface area contributed by atoms with Gasteiger partial charge in [0.2, 0.25) is 0 Å². The number of hydrogen-bond donors (Lipinski definition) is 0. The van der Waals surface area contributed by atoms with Crippen LogP contribution in [0.1, 0.15) is 0 Å². The van der Waals surface area contributed by atoms with Crippen LogP contribution in [0.2, 0.25) is 0 Å². The second-order valence-electron chi connectivity index (χ2n) is 0.785. The van der Waals surface area contributed by atoms with Crippen molar-refractivity contribution in [1.29, 1.82) is 0 Å². The number of carbonyl (C=O) groups is 1. The van der Waals surface area contributed by atoms with Gasteiger partial charge in [-0.3, -0.25) is 0 Å². The topological polar surface area (TPSA) is 26.3 Å². The molecule has 0 N–H and O–H groups in total. The standard InChI is InChI=1S/C2ClF3O2/c3-1(7)8-2(4,5)6. The summed E-state index contributed by atoms with van der Waals surface area (Å²) in [6.07, 6.45) is -4.96. The molecule has 0 aliphatic rings. The molecule has 0 aliphatic carbocycles. The van der Waals surface area contributed by atoms with Gasteiger partial charge in [0.25, 0.3) is 0 Å². The molecule has 0 heterocycles. The van der Waals surface area contributed by atoms with Gasteiger partial charge in [-0.2, -0.15) is 0 Å². The van der Waals surface area contributed by atoms with Crippen LogP contribution in [0.4, 0.5) is 18.0 Å². The lowest BCUT2D eigenvalue weighted by atomic mass is 11.3.